The van der Waals surface area contributed by atoms with E-state index in [9.17, 15) is 4.79 Å². The number of nitriles is 1. The predicted molar refractivity (Wildman–Crippen MR) is 62.4 cm³/mol. The van der Waals surface area contributed by atoms with E-state index in [2.05, 4.69) is 6.07 Å². The number of nitrogens with zero attached hydrogens (tertiary/aromatic N) is 2. The number of hydrogen-bond donors (Lipinski definition) is 0. The van der Waals surface area contributed by atoms with Gasteiger partial charge in [0.2, 0.25) is 0 Å². The molecule has 84 valence electrons. The Morgan fingerprint density at radius 1 is 1.38 bits per heavy atom. The summed E-state index contributed by atoms with van der Waals surface area (Å²) >= 11 is 0. The van der Waals surface area contributed by atoms with Crippen LogP contribution in [0.15, 0.2) is 11.0 Å². The van der Waals surface area contributed by atoms with E-state index in [0.29, 0.717) is 5.56 Å². The number of aryl methyl sites for hydroxylation is 1. The van der Waals surface area contributed by atoms with Crippen LogP contribution in [0.5, 0.6) is 0 Å². The molecule has 1 heterocycles. The van der Waals surface area contributed by atoms with Crippen LogP contribution in [0.2, 0.25) is 0 Å². The molecule has 0 fully saturated rings. The summed E-state index contributed by atoms with van der Waals surface area (Å²) in [6.07, 6.45) is 6.08. The van der Waals surface area contributed by atoms with Gasteiger partial charge in [-0.25, -0.2) is 0 Å². The minimum Gasteiger partial charge on any atom is -0.312 e. The molecule has 3 heteroatoms. The van der Waals surface area contributed by atoms with Gasteiger partial charge in [0.1, 0.15) is 11.6 Å². The number of fused-ring (bicyclic) bond motifs is 1. The molecule has 16 heavy (non-hydrogen) atoms. The van der Waals surface area contributed by atoms with Crippen LogP contribution >= 0.6 is 0 Å². The van der Waals surface area contributed by atoms with Crippen LogP contribution in [0.4, 0.5) is 0 Å². The third kappa shape index (κ3) is 1.65. The van der Waals surface area contributed by atoms with Gasteiger partial charge in [-0.1, -0.05) is 0 Å². The summed E-state index contributed by atoms with van der Waals surface area (Å²) in [7, 11) is 0. The Morgan fingerprint density at radius 2 is 2.06 bits per heavy atom. The molecule has 1 aromatic heterocycles. The fourth-order valence-corrected chi connectivity index (χ4v) is 2.34. The van der Waals surface area contributed by atoms with E-state index in [1.807, 2.05) is 20.0 Å². The van der Waals surface area contributed by atoms with Crippen molar-refractivity contribution in [3.8, 4) is 6.07 Å². The number of hydrogen-bond acceptors (Lipinski definition) is 2. The van der Waals surface area contributed by atoms with Crippen LogP contribution < -0.4 is 5.56 Å². The fourth-order valence-electron chi connectivity index (χ4n) is 2.34. The van der Waals surface area contributed by atoms with Crippen LogP contribution in [0.25, 0.3) is 0 Å². The highest BCUT2D eigenvalue weighted by Gasteiger charge is 2.18. The minimum atomic E-state index is -0.127. The molecule has 2 rings (SSSR count). The van der Waals surface area contributed by atoms with Crippen LogP contribution in [0.1, 0.15) is 49.4 Å². The number of rotatable bonds is 1. The molecular weight excluding hydrogens is 200 g/mol. The van der Waals surface area contributed by atoms with Gasteiger partial charge < -0.3 is 4.57 Å². The molecule has 0 N–H and O–H groups in total. The first kappa shape index (κ1) is 10.9. The Labute approximate surface area is 95.3 Å². The molecule has 0 amide bonds. The Morgan fingerprint density at radius 3 is 2.69 bits per heavy atom. The van der Waals surface area contributed by atoms with Crippen LogP contribution in [-0.2, 0) is 12.8 Å². The molecule has 1 aliphatic rings. The molecule has 0 saturated carbocycles. The summed E-state index contributed by atoms with van der Waals surface area (Å²) in [5, 5.41) is 9.12. The molecule has 0 bridgehead atoms. The lowest BCUT2D eigenvalue weighted by Gasteiger charge is -2.20. The zero-order chi connectivity index (χ0) is 11.7. The molecule has 0 unspecified atom stereocenters. The van der Waals surface area contributed by atoms with Crippen LogP contribution in [0.3, 0.4) is 0 Å². The van der Waals surface area contributed by atoms with Gasteiger partial charge >= 0.3 is 0 Å². The fraction of sp³-hybridized carbons (Fsp3) is 0.538. The smallest absolute Gasteiger partial charge is 0.268 e. The average molecular weight is 216 g/mol. The van der Waals surface area contributed by atoms with Crippen molar-refractivity contribution in [2.75, 3.05) is 0 Å². The van der Waals surface area contributed by atoms with E-state index in [-0.39, 0.29) is 11.6 Å². The highest BCUT2D eigenvalue weighted by Crippen LogP contribution is 2.22. The highest BCUT2D eigenvalue weighted by atomic mass is 16.1. The maximum Gasteiger partial charge on any atom is 0.268 e. The quantitative estimate of drug-likeness (QED) is 0.722. The van der Waals surface area contributed by atoms with Gasteiger partial charge in [-0.15, -0.1) is 0 Å². The molecule has 0 saturated heterocycles. The zero-order valence-corrected chi connectivity index (χ0v) is 9.79. The lowest BCUT2D eigenvalue weighted by atomic mass is 9.90. The molecule has 3 nitrogen and oxygen atoms in total. The van der Waals surface area contributed by atoms with Crippen molar-refractivity contribution in [2.24, 2.45) is 0 Å². The van der Waals surface area contributed by atoms with E-state index in [1.165, 1.54) is 5.56 Å². The summed E-state index contributed by atoms with van der Waals surface area (Å²) in [5.74, 6) is 0. The first-order chi connectivity index (χ1) is 7.65. The summed E-state index contributed by atoms with van der Waals surface area (Å²) in [6, 6.07) is 2.20. The van der Waals surface area contributed by atoms with E-state index in [4.69, 9.17) is 5.26 Å². The second-order valence-corrected chi connectivity index (χ2v) is 4.63. The van der Waals surface area contributed by atoms with Gasteiger partial charge in [0.25, 0.3) is 5.56 Å². The third-order valence-electron chi connectivity index (χ3n) is 3.22. The van der Waals surface area contributed by atoms with Gasteiger partial charge in [-0.2, -0.15) is 5.26 Å². The minimum absolute atomic E-state index is 0.117. The first-order valence-electron chi connectivity index (χ1n) is 5.82. The van der Waals surface area contributed by atoms with Crippen molar-refractivity contribution < 1.29 is 0 Å². The summed E-state index contributed by atoms with van der Waals surface area (Å²) in [6.45, 7) is 3.94. The van der Waals surface area contributed by atoms with Crippen molar-refractivity contribution in [3.63, 3.8) is 0 Å². The SMILES string of the molecule is CC(C)n1cc2c(c(C#N)c1=O)CCCC2. The summed E-state index contributed by atoms with van der Waals surface area (Å²) in [5.41, 5.74) is 2.43. The average Bonchev–Trinajstić information content (AvgIpc) is 2.28. The van der Waals surface area contributed by atoms with Crippen molar-refractivity contribution in [1.82, 2.24) is 4.57 Å². The lowest BCUT2D eigenvalue weighted by Crippen LogP contribution is -2.27. The lowest BCUT2D eigenvalue weighted by molar-refractivity contribution is 0.561. The van der Waals surface area contributed by atoms with Crippen LogP contribution in [-0.4, -0.2) is 4.57 Å². The topological polar surface area (TPSA) is 45.8 Å². The van der Waals surface area contributed by atoms with Crippen molar-refractivity contribution in [1.29, 1.82) is 5.26 Å². The van der Waals surface area contributed by atoms with E-state index in [0.717, 1.165) is 31.2 Å². The maximum atomic E-state index is 12.1. The van der Waals surface area contributed by atoms with E-state index < -0.39 is 0 Å². The zero-order valence-electron chi connectivity index (χ0n) is 9.79. The molecular formula is C13H16N2O. The highest BCUT2D eigenvalue weighted by molar-refractivity contribution is 5.42. The van der Waals surface area contributed by atoms with Gasteiger partial charge in [0.15, 0.2) is 0 Å². The van der Waals surface area contributed by atoms with E-state index in [1.54, 1.807) is 4.57 Å². The van der Waals surface area contributed by atoms with Gasteiger partial charge in [0, 0.05) is 12.2 Å². The van der Waals surface area contributed by atoms with Crippen molar-refractivity contribution >= 4 is 0 Å². The second kappa shape index (κ2) is 4.13. The molecule has 0 radical (unpaired) electrons. The monoisotopic (exact) mass is 216 g/mol. The molecule has 0 atom stereocenters. The standard InChI is InChI=1S/C13H16N2O/c1-9(2)15-8-10-5-3-4-6-11(10)12(7-14)13(15)16/h8-9H,3-6H2,1-2H3. The van der Waals surface area contributed by atoms with Gasteiger partial charge in [-0.05, 0) is 50.7 Å². The molecule has 0 aromatic carbocycles. The Hall–Kier alpha value is -1.56. The summed E-state index contributed by atoms with van der Waals surface area (Å²) in [4.78, 5) is 12.1. The Bertz CT molecular complexity index is 506. The largest absolute Gasteiger partial charge is 0.312 e. The first-order valence-corrected chi connectivity index (χ1v) is 5.82. The Balaban J connectivity index is 2.71. The predicted octanol–water partition coefficient (Wildman–Crippen LogP) is 2.18. The molecule has 0 aliphatic heterocycles. The number of aromatic nitrogens is 1. The molecule has 1 aromatic rings. The number of pyridine rings is 1. The second-order valence-electron chi connectivity index (χ2n) is 4.63. The summed E-state index contributed by atoms with van der Waals surface area (Å²) < 4.78 is 1.68. The van der Waals surface area contributed by atoms with Crippen molar-refractivity contribution in [2.45, 2.75) is 45.6 Å². The Kier molecular flexibility index (Phi) is 2.82. The van der Waals surface area contributed by atoms with Crippen molar-refractivity contribution in [3.05, 3.63) is 33.2 Å². The third-order valence-corrected chi connectivity index (χ3v) is 3.22. The van der Waals surface area contributed by atoms with Crippen LogP contribution in [0, 0.1) is 11.3 Å². The molecule has 1 aliphatic carbocycles. The maximum absolute atomic E-state index is 12.1. The van der Waals surface area contributed by atoms with E-state index >= 15 is 0 Å². The normalized spacial score (nSPS) is 14.6. The molecule has 0 spiro atoms. The van der Waals surface area contributed by atoms with Gasteiger partial charge in [0.05, 0.1) is 0 Å². The van der Waals surface area contributed by atoms with Gasteiger partial charge in [-0.3, -0.25) is 4.79 Å².